The van der Waals surface area contributed by atoms with E-state index < -0.39 is 17.8 Å². The number of benzene rings is 3. The molecule has 1 N–H and O–H groups in total. The number of oxazole rings is 1. The van der Waals surface area contributed by atoms with Crippen LogP contribution in [0, 0.1) is 5.82 Å². The number of anilines is 1. The van der Waals surface area contributed by atoms with Gasteiger partial charge in [0.15, 0.2) is 23.3 Å². The van der Waals surface area contributed by atoms with E-state index in [0.717, 1.165) is 11.1 Å². The Kier molecular flexibility index (Phi) is 4.76. The van der Waals surface area contributed by atoms with E-state index in [4.69, 9.17) is 9.15 Å². The summed E-state index contributed by atoms with van der Waals surface area (Å²) in [6, 6.07) is 20.6. The number of fused-ring (bicyclic) bond motifs is 1. The normalized spacial score (nSPS) is 11.9. The highest BCUT2D eigenvalue weighted by molar-refractivity contribution is 5.94. The summed E-state index contributed by atoms with van der Waals surface area (Å²) in [5, 5.41) is 2.77. The maximum Gasteiger partial charge on any atom is 0.265 e. The quantitative estimate of drug-likeness (QED) is 0.530. The van der Waals surface area contributed by atoms with Crippen molar-refractivity contribution in [1.29, 1.82) is 0 Å². The second-order valence-electron chi connectivity index (χ2n) is 6.25. The minimum Gasteiger partial charge on any atom is -0.478 e. The minimum atomic E-state index is -0.870. The summed E-state index contributed by atoms with van der Waals surface area (Å²) < 4.78 is 24.9. The summed E-state index contributed by atoms with van der Waals surface area (Å²) in [4.78, 5) is 16.9. The third-order valence-electron chi connectivity index (χ3n) is 4.18. The number of carbonyl (C=O) groups excluding carboxylic acids is 1. The average molecular weight is 376 g/mol. The third kappa shape index (κ3) is 3.71. The summed E-state index contributed by atoms with van der Waals surface area (Å²) in [6.45, 7) is 1.56. The molecule has 140 valence electrons. The van der Waals surface area contributed by atoms with Crippen LogP contribution in [-0.4, -0.2) is 17.0 Å². The van der Waals surface area contributed by atoms with Crippen molar-refractivity contribution in [1.82, 2.24) is 4.98 Å². The average Bonchev–Trinajstić information content (AvgIpc) is 3.14. The number of aromatic nitrogens is 1. The molecule has 0 fully saturated rings. The summed E-state index contributed by atoms with van der Waals surface area (Å²) >= 11 is 0. The summed E-state index contributed by atoms with van der Waals surface area (Å²) in [5.41, 5.74) is 2.75. The molecule has 0 saturated heterocycles. The number of amides is 1. The largest absolute Gasteiger partial charge is 0.478 e. The molecule has 0 saturated carbocycles. The van der Waals surface area contributed by atoms with Gasteiger partial charge in [-0.25, -0.2) is 9.37 Å². The van der Waals surface area contributed by atoms with Crippen LogP contribution in [-0.2, 0) is 4.79 Å². The first kappa shape index (κ1) is 17.7. The lowest BCUT2D eigenvalue weighted by molar-refractivity contribution is -0.122. The Morgan fingerprint density at radius 2 is 1.86 bits per heavy atom. The molecular formula is C22H17FN2O3. The monoisotopic (exact) mass is 376 g/mol. The van der Waals surface area contributed by atoms with Crippen LogP contribution >= 0.6 is 0 Å². The lowest BCUT2D eigenvalue weighted by Gasteiger charge is -2.15. The second kappa shape index (κ2) is 7.52. The van der Waals surface area contributed by atoms with Gasteiger partial charge in [-0.3, -0.25) is 4.79 Å². The van der Waals surface area contributed by atoms with Crippen LogP contribution in [0.2, 0.25) is 0 Å². The fourth-order valence-electron chi connectivity index (χ4n) is 2.75. The predicted octanol–water partition coefficient (Wildman–Crippen LogP) is 5.04. The van der Waals surface area contributed by atoms with Crippen molar-refractivity contribution < 1.29 is 18.3 Å². The van der Waals surface area contributed by atoms with Crippen LogP contribution in [0.1, 0.15) is 6.92 Å². The highest BCUT2D eigenvalue weighted by Gasteiger charge is 2.17. The number of hydrogen-bond donors (Lipinski definition) is 1. The van der Waals surface area contributed by atoms with Crippen molar-refractivity contribution in [3.8, 4) is 17.2 Å². The number of nitrogens with one attached hydrogen (secondary N) is 1. The number of hydrogen-bond acceptors (Lipinski definition) is 4. The van der Waals surface area contributed by atoms with Gasteiger partial charge in [0, 0.05) is 11.3 Å². The predicted molar refractivity (Wildman–Crippen MR) is 105 cm³/mol. The van der Waals surface area contributed by atoms with E-state index in [1.807, 2.05) is 30.3 Å². The molecule has 4 rings (SSSR count). The highest BCUT2D eigenvalue weighted by Crippen LogP contribution is 2.26. The molecule has 0 unspecified atom stereocenters. The van der Waals surface area contributed by atoms with Crippen molar-refractivity contribution in [2.45, 2.75) is 13.0 Å². The fourth-order valence-corrected chi connectivity index (χ4v) is 2.75. The van der Waals surface area contributed by atoms with E-state index in [-0.39, 0.29) is 5.75 Å². The van der Waals surface area contributed by atoms with Crippen LogP contribution in [0.25, 0.3) is 22.6 Å². The number of rotatable bonds is 5. The Morgan fingerprint density at radius 1 is 1.07 bits per heavy atom. The van der Waals surface area contributed by atoms with Gasteiger partial charge in [0.2, 0.25) is 5.89 Å². The molecule has 0 aliphatic rings. The molecule has 3 aromatic carbocycles. The van der Waals surface area contributed by atoms with Gasteiger partial charge in [0.1, 0.15) is 5.52 Å². The zero-order valence-corrected chi connectivity index (χ0v) is 15.1. The topological polar surface area (TPSA) is 64.4 Å². The van der Waals surface area contributed by atoms with Gasteiger partial charge < -0.3 is 14.5 Å². The van der Waals surface area contributed by atoms with E-state index in [0.29, 0.717) is 17.2 Å². The Hall–Kier alpha value is -3.67. The minimum absolute atomic E-state index is 0.0328. The van der Waals surface area contributed by atoms with Gasteiger partial charge in [-0.1, -0.05) is 30.3 Å². The van der Waals surface area contributed by atoms with Crippen LogP contribution in [0.3, 0.4) is 0 Å². The van der Waals surface area contributed by atoms with Gasteiger partial charge in [-0.05, 0) is 49.4 Å². The van der Waals surface area contributed by atoms with Crippen LogP contribution < -0.4 is 10.1 Å². The molecule has 6 heteroatoms. The summed E-state index contributed by atoms with van der Waals surface area (Å²) in [6.07, 6.45) is -0.870. The summed E-state index contributed by atoms with van der Waals surface area (Å²) in [7, 11) is 0. The number of ether oxygens (including phenoxy) is 1. The first-order valence-electron chi connectivity index (χ1n) is 8.78. The smallest absolute Gasteiger partial charge is 0.265 e. The standard InChI is InChI=1S/C22H17FN2O3/c1-14(27-19-11-4-2-9-17(19)23)21(26)24-16-8-6-7-15(13-16)22-25-18-10-3-5-12-20(18)28-22/h2-14H,1H3,(H,24,26)/t14-/m1/s1. The molecule has 4 aromatic rings. The lowest BCUT2D eigenvalue weighted by Crippen LogP contribution is -2.30. The molecule has 1 aromatic heterocycles. The molecular weight excluding hydrogens is 359 g/mol. The Bertz CT molecular complexity index is 1110. The second-order valence-corrected chi connectivity index (χ2v) is 6.25. The van der Waals surface area contributed by atoms with Gasteiger partial charge >= 0.3 is 0 Å². The van der Waals surface area contributed by atoms with E-state index in [1.165, 1.54) is 12.1 Å². The van der Waals surface area contributed by atoms with Crippen molar-refractivity contribution in [3.05, 3.63) is 78.6 Å². The number of nitrogens with zero attached hydrogens (tertiary/aromatic N) is 1. The first-order chi connectivity index (χ1) is 13.6. The van der Waals surface area contributed by atoms with Crippen LogP contribution in [0.15, 0.2) is 77.2 Å². The van der Waals surface area contributed by atoms with Gasteiger partial charge in [0.25, 0.3) is 5.91 Å². The van der Waals surface area contributed by atoms with Crippen molar-refractivity contribution in [2.24, 2.45) is 0 Å². The molecule has 0 spiro atoms. The number of halogens is 1. The molecule has 1 heterocycles. The van der Waals surface area contributed by atoms with E-state index in [9.17, 15) is 9.18 Å². The molecule has 1 amide bonds. The number of para-hydroxylation sites is 3. The maximum absolute atomic E-state index is 13.7. The molecule has 1 atom stereocenters. The van der Waals surface area contributed by atoms with Gasteiger partial charge in [0.05, 0.1) is 0 Å². The molecule has 0 bridgehead atoms. The van der Waals surface area contributed by atoms with E-state index in [2.05, 4.69) is 10.3 Å². The van der Waals surface area contributed by atoms with Gasteiger partial charge in [-0.15, -0.1) is 0 Å². The fraction of sp³-hybridized carbons (Fsp3) is 0.0909. The SMILES string of the molecule is C[C@@H](Oc1ccccc1F)C(=O)Nc1cccc(-c2nc3ccccc3o2)c1. The molecule has 0 radical (unpaired) electrons. The zero-order chi connectivity index (χ0) is 19.5. The zero-order valence-electron chi connectivity index (χ0n) is 15.1. The molecule has 5 nitrogen and oxygen atoms in total. The number of carbonyl (C=O) groups is 1. The lowest BCUT2D eigenvalue weighted by atomic mass is 10.2. The Balaban J connectivity index is 1.50. The first-order valence-corrected chi connectivity index (χ1v) is 8.78. The van der Waals surface area contributed by atoms with Crippen LogP contribution in [0.5, 0.6) is 5.75 Å². The van der Waals surface area contributed by atoms with Crippen LogP contribution in [0.4, 0.5) is 10.1 Å². The molecule has 0 aliphatic carbocycles. The van der Waals surface area contributed by atoms with E-state index >= 15 is 0 Å². The maximum atomic E-state index is 13.7. The van der Waals surface area contributed by atoms with Crippen molar-refractivity contribution in [3.63, 3.8) is 0 Å². The Morgan fingerprint density at radius 3 is 2.68 bits per heavy atom. The molecule has 0 aliphatic heterocycles. The van der Waals surface area contributed by atoms with Crippen molar-refractivity contribution >= 4 is 22.7 Å². The third-order valence-corrected chi connectivity index (χ3v) is 4.18. The highest BCUT2D eigenvalue weighted by atomic mass is 19.1. The Labute approximate surface area is 160 Å². The van der Waals surface area contributed by atoms with Gasteiger partial charge in [-0.2, -0.15) is 0 Å². The summed E-state index contributed by atoms with van der Waals surface area (Å²) in [5.74, 6) is -0.406. The molecule has 28 heavy (non-hydrogen) atoms. The van der Waals surface area contributed by atoms with Crippen molar-refractivity contribution in [2.75, 3.05) is 5.32 Å². The van der Waals surface area contributed by atoms with E-state index in [1.54, 1.807) is 37.3 Å².